The molecule has 18 heavy (non-hydrogen) atoms. The molecule has 0 aliphatic heterocycles. The maximum Gasteiger partial charge on any atom is 0.337 e. The Morgan fingerprint density at radius 3 is 2.39 bits per heavy atom. The number of carboxylic acids is 1. The number of hydrogen-bond acceptors (Lipinski definition) is 3. The molecule has 0 aliphatic carbocycles. The normalized spacial score (nSPS) is 10.0. The standard InChI is InChI=1S/C12H15BrN2O3/c1-14(2)11(16)7-15(3)10-5-4-8(13)6-9(10)12(17)18/h4-6H,7H2,1-3H3,(H,17,18). The summed E-state index contributed by atoms with van der Waals surface area (Å²) in [4.78, 5) is 25.8. The van der Waals surface area contributed by atoms with Crippen LogP contribution >= 0.6 is 15.9 Å². The molecule has 0 aliphatic rings. The van der Waals surface area contributed by atoms with E-state index in [1.807, 2.05) is 0 Å². The predicted molar refractivity (Wildman–Crippen MR) is 73.1 cm³/mol. The number of likely N-dealkylation sites (N-methyl/N-ethyl adjacent to an activating group) is 2. The lowest BCUT2D eigenvalue weighted by Gasteiger charge is -2.22. The zero-order valence-electron chi connectivity index (χ0n) is 10.5. The van der Waals surface area contributed by atoms with Crippen LogP contribution in [0.4, 0.5) is 5.69 Å². The summed E-state index contributed by atoms with van der Waals surface area (Å²) in [6.07, 6.45) is 0. The van der Waals surface area contributed by atoms with Crippen molar-refractivity contribution in [1.29, 1.82) is 0 Å². The van der Waals surface area contributed by atoms with E-state index in [0.29, 0.717) is 10.2 Å². The van der Waals surface area contributed by atoms with Crippen LogP contribution in [0.25, 0.3) is 0 Å². The average molecular weight is 315 g/mol. The average Bonchev–Trinajstić information content (AvgIpc) is 2.28. The number of carbonyl (C=O) groups is 2. The van der Waals surface area contributed by atoms with Gasteiger partial charge in [-0.05, 0) is 18.2 Å². The molecule has 0 heterocycles. The molecule has 1 aromatic rings. The van der Waals surface area contributed by atoms with Crippen molar-refractivity contribution in [2.75, 3.05) is 32.6 Å². The lowest BCUT2D eigenvalue weighted by Crippen LogP contribution is -2.35. The topological polar surface area (TPSA) is 60.9 Å². The second-order valence-electron chi connectivity index (χ2n) is 4.11. The van der Waals surface area contributed by atoms with Gasteiger partial charge in [0.15, 0.2) is 0 Å². The van der Waals surface area contributed by atoms with E-state index in [9.17, 15) is 9.59 Å². The third-order valence-electron chi connectivity index (χ3n) is 2.47. The van der Waals surface area contributed by atoms with Crippen molar-refractivity contribution in [3.8, 4) is 0 Å². The van der Waals surface area contributed by atoms with Crippen LogP contribution in [-0.2, 0) is 4.79 Å². The van der Waals surface area contributed by atoms with Gasteiger partial charge in [0.1, 0.15) is 0 Å². The van der Waals surface area contributed by atoms with Gasteiger partial charge in [0.25, 0.3) is 0 Å². The second kappa shape index (κ2) is 5.86. The summed E-state index contributed by atoms with van der Waals surface area (Å²) in [5, 5.41) is 9.14. The molecule has 0 unspecified atom stereocenters. The van der Waals surface area contributed by atoms with Gasteiger partial charge < -0.3 is 14.9 Å². The lowest BCUT2D eigenvalue weighted by molar-refractivity contribution is -0.127. The van der Waals surface area contributed by atoms with Crippen LogP contribution in [0.1, 0.15) is 10.4 Å². The summed E-state index contributed by atoms with van der Waals surface area (Å²) in [6, 6.07) is 4.95. The smallest absolute Gasteiger partial charge is 0.337 e. The number of benzene rings is 1. The molecule has 0 atom stereocenters. The number of halogens is 1. The van der Waals surface area contributed by atoms with Crippen molar-refractivity contribution in [3.05, 3.63) is 28.2 Å². The third kappa shape index (κ3) is 3.46. The first-order valence-corrected chi connectivity index (χ1v) is 6.06. The molecule has 0 spiro atoms. The van der Waals surface area contributed by atoms with E-state index >= 15 is 0 Å². The van der Waals surface area contributed by atoms with Crippen LogP contribution in [0, 0.1) is 0 Å². The zero-order valence-corrected chi connectivity index (χ0v) is 12.1. The highest BCUT2D eigenvalue weighted by Gasteiger charge is 2.16. The molecule has 1 aromatic carbocycles. The summed E-state index contributed by atoms with van der Waals surface area (Å²) in [6.45, 7) is 0.134. The minimum absolute atomic E-state index is 0.0863. The van der Waals surface area contributed by atoms with E-state index in [0.717, 1.165) is 0 Å². The van der Waals surface area contributed by atoms with Crippen LogP contribution in [0.15, 0.2) is 22.7 Å². The highest BCUT2D eigenvalue weighted by molar-refractivity contribution is 9.10. The van der Waals surface area contributed by atoms with Gasteiger partial charge in [0.05, 0.1) is 17.8 Å². The largest absolute Gasteiger partial charge is 0.478 e. The van der Waals surface area contributed by atoms with E-state index in [4.69, 9.17) is 5.11 Å². The van der Waals surface area contributed by atoms with Crippen LogP contribution in [0.5, 0.6) is 0 Å². The molecule has 6 heteroatoms. The second-order valence-corrected chi connectivity index (χ2v) is 5.03. The van der Waals surface area contributed by atoms with Gasteiger partial charge in [-0.1, -0.05) is 15.9 Å². The van der Waals surface area contributed by atoms with Crippen LogP contribution in [-0.4, -0.2) is 49.6 Å². The Hall–Kier alpha value is -1.56. The van der Waals surface area contributed by atoms with Crippen molar-refractivity contribution >= 4 is 33.5 Å². The number of nitrogens with zero attached hydrogens (tertiary/aromatic N) is 2. The van der Waals surface area contributed by atoms with Crippen molar-refractivity contribution in [3.63, 3.8) is 0 Å². The quantitative estimate of drug-likeness (QED) is 0.918. The fraction of sp³-hybridized carbons (Fsp3) is 0.333. The predicted octanol–water partition coefficient (Wildman–Crippen LogP) is 1.67. The minimum Gasteiger partial charge on any atom is -0.478 e. The van der Waals surface area contributed by atoms with Crippen LogP contribution in [0.2, 0.25) is 0 Å². The number of carbonyl (C=O) groups excluding carboxylic acids is 1. The van der Waals surface area contributed by atoms with Gasteiger partial charge in [0, 0.05) is 25.6 Å². The fourth-order valence-electron chi connectivity index (χ4n) is 1.44. The summed E-state index contributed by atoms with van der Waals surface area (Å²) in [5.74, 6) is -1.10. The van der Waals surface area contributed by atoms with Gasteiger partial charge in [-0.3, -0.25) is 4.79 Å². The summed E-state index contributed by atoms with van der Waals surface area (Å²) >= 11 is 3.23. The van der Waals surface area contributed by atoms with Crippen molar-refractivity contribution < 1.29 is 14.7 Å². The van der Waals surface area contributed by atoms with Gasteiger partial charge in [-0.2, -0.15) is 0 Å². The lowest BCUT2D eigenvalue weighted by atomic mass is 10.1. The summed E-state index contributed by atoms with van der Waals surface area (Å²) in [7, 11) is 5.02. The molecule has 1 rings (SSSR count). The SMILES string of the molecule is CN(C)C(=O)CN(C)c1ccc(Br)cc1C(=O)O. The van der Waals surface area contributed by atoms with Gasteiger partial charge in [0.2, 0.25) is 5.91 Å². The maximum atomic E-state index is 11.6. The number of carboxylic acid groups (broad SMARTS) is 1. The Balaban J connectivity index is 3.02. The highest BCUT2D eigenvalue weighted by atomic mass is 79.9. The fourth-order valence-corrected chi connectivity index (χ4v) is 1.80. The van der Waals surface area contributed by atoms with E-state index in [2.05, 4.69) is 15.9 Å². The van der Waals surface area contributed by atoms with Crippen molar-refractivity contribution in [2.24, 2.45) is 0 Å². The van der Waals surface area contributed by atoms with E-state index in [-0.39, 0.29) is 18.0 Å². The van der Waals surface area contributed by atoms with Gasteiger partial charge in [-0.15, -0.1) is 0 Å². The molecular weight excluding hydrogens is 300 g/mol. The van der Waals surface area contributed by atoms with Crippen molar-refractivity contribution in [1.82, 2.24) is 4.90 Å². The highest BCUT2D eigenvalue weighted by Crippen LogP contribution is 2.23. The molecule has 5 nitrogen and oxygen atoms in total. The Morgan fingerprint density at radius 2 is 1.89 bits per heavy atom. The minimum atomic E-state index is -1.02. The molecule has 0 aromatic heterocycles. The number of amides is 1. The first-order chi connectivity index (χ1) is 8.32. The molecule has 0 bridgehead atoms. The number of hydrogen-bond donors (Lipinski definition) is 1. The Morgan fingerprint density at radius 1 is 1.28 bits per heavy atom. The van der Waals surface area contributed by atoms with Crippen LogP contribution < -0.4 is 4.90 Å². The molecule has 0 saturated carbocycles. The Kier molecular flexibility index (Phi) is 4.72. The molecule has 0 radical (unpaired) electrons. The molecule has 0 fully saturated rings. The van der Waals surface area contributed by atoms with Gasteiger partial charge in [-0.25, -0.2) is 4.79 Å². The molecule has 98 valence electrons. The molecule has 1 amide bonds. The van der Waals surface area contributed by atoms with E-state index in [1.54, 1.807) is 38.2 Å². The number of aromatic carboxylic acids is 1. The van der Waals surface area contributed by atoms with Gasteiger partial charge >= 0.3 is 5.97 Å². The summed E-state index contributed by atoms with van der Waals surface area (Å²) < 4.78 is 0.691. The summed E-state index contributed by atoms with van der Waals surface area (Å²) in [5.41, 5.74) is 0.680. The monoisotopic (exact) mass is 314 g/mol. The Bertz CT molecular complexity index is 474. The van der Waals surface area contributed by atoms with Crippen molar-refractivity contribution in [2.45, 2.75) is 0 Å². The number of anilines is 1. The Labute approximate surface area is 114 Å². The van der Waals surface area contributed by atoms with E-state index in [1.165, 1.54) is 11.0 Å². The first-order valence-electron chi connectivity index (χ1n) is 5.27. The maximum absolute atomic E-state index is 11.6. The first kappa shape index (κ1) is 14.5. The number of rotatable bonds is 4. The third-order valence-corrected chi connectivity index (χ3v) is 2.96. The molecule has 0 saturated heterocycles. The van der Waals surface area contributed by atoms with E-state index < -0.39 is 5.97 Å². The zero-order chi connectivity index (χ0) is 13.9. The van der Waals surface area contributed by atoms with Crippen LogP contribution in [0.3, 0.4) is 0 Å². The molecule has 1 N–H and O–H groups in total. The molecular formula is C12H15BrN2O3.